The number of para-hydroxylation sites is 1. The van der Waals surface area contributed by atoms with Crippen molar-refractivity contribution in [3.8, 4) is 0 Å². The van der Waals surface area contributed by atoms with E-state index >= 15 is 0 Å². The Morgan fingerprint density at radius 2 is 1.89 bits per heavy atom. The van der Waals surface area contributed by atoms with Crippen LogP contribution < -0.4 is 4.90 Å². The molecule has 1 unspecified atom stereocenters. The van der Waals surface area contributed by atoms with Crippen molar-refractivity contribution in [1.82, 2.24) is 14.8 Å². The molecule has 2 aliphatic rings. The number of carbonyl (C=O) groups is 2. The van der Waals surface area contributed by atoms with Crippen LogP contribution >= 0.6 is 11.6 Å². The number of carbonyl (C=O) groups excluding carboxylic acids is 2. The number of rotatable bonds is 4. The Balaban J connectivity index is 1.33. The van der Waals surface area contributed by atoms with Crippen LogP contribution in [0, 0.1) is 5.92 Å². The van der Waals surface area contributed by atoms with Gasteiger partial charge < -0.3 is 9.80 Å². The lowest BCUT2D eigenvalue weighted by Crippen LogP contribution is -2.50. The fourth-order valence-corrected chi connectivity index (χ4v) is 4.15. The van der Waals surface area contributed by atoms with E-state index in [1.54, 1.807) is 17.2 Å². The summed E-state index contributed by atoms with van der Waals surface area (Å²) in [6.07, 6.45) is 3.90. The molecule has 1 aromatic heterocycles. The SMILES string of the molecule is O=C(C1CC(=O)N(c2ccccc2Cl)C1)N1CCN(Cc2cccnc2)CC1. The molecule has 2 amide bonds. The fourth-order valence-electron chi connectivity index (χ4n) is 3.91. The highest BCUT2D eigenvalue weighted by Gasteiger charge is 2.38. The largest absolute Gasteiger partial charge is 0.340 e. The van der Waals surface area contributed by atoms with Gasteiger partial charge in [0, 0.05) is 58.1 Å². The molecule has 1 atom stereocenters. The minimum absolute atomic E-state index is 0.0401. The monoisotopic (exact) mass is 398 g/mol. The van der Waals surface area contributed by atoms with Crippen LogP contribution in [0.3, 0.4) is 0 Å². The molecule has 2 saturated heterocycles. The Bertz CT molecular complexity index is 852. The Morgan fingerprint density at radius 3 is 2.61 bits per heavy atom. The van der Waals surface area contributed by atoms with Crippen molar-refractivity contribution < 1.29 is 9.59 Å². The summed E-state index contributed by atoms with van der Waals surface area (Å²) in [4.78, 5) is 35.4. The zero-order valence-corrected chi connectivity index (χ0v) is 16.4. The first kappa shape index (κ1) is 18.9. The number of anilines is 1. The molecule has 2 fully saturated rings. The average Bonchev–Trinajstić information content (AvgIpc) is 3.11. The number of nitrogens with zero attached hydrogens (tertiary/aromatic N) is 4. The maximum Gasteiger partial charge on any atom is 0.228 e. The van der Waals surface area contributed by atoms with Gasteiger partial charge in [0.1, 0.15) is 0 Å². The molecule has 1 aromatic carbocycles. The normalized spacial score (nSPS) is 20.6. The van der Waals surface area contributed by atoms with Crippen molar-refractivity contribution in [3.05, 3.63) is 59.4 Å². The van der Waals surface area contributed by atoms with E-state index in [0.717, 1.165) is 19.6 Å². The van der Waals surface area contributed by atoms with Gasteiger partial charge in [-0.05, 0) is 23.8 Å². The van der Waals surface area contributed by atoms with Crippen molar-refractivity contribution >= 4 is 29.1 Å². The van der Waals surface area contributed by atoms with Crippen molar-refractivity contribution in [2.24, 2.45) is 5.92 Å². The molecule has 146 valence electrons. The summed E-state index contributed by atoms with van der Waals surface area (Å²) in [7, 11) is 0. The van der Waals surface area contributed by atoms with Gasteiger partial charge in [-0.15, -0.1) is 0 Å². The van der Waals surface area contributed by atoms with Gasteiger partial charge in [0.15, 0.2) is 0 Å². The third-order valence-electron chi connectivity index (χ3n) is 5.43. The molecule has 2 aliphatic heterocycles. The number of hydrogen-bond acceptors (Lipinski definition) is 4. The first-order valence-electron chi connectivity index (χ1n) is 9.57. The van der Waals surface area contributed by atoms with Crippen molar-refractivity contribution in [3.63, 3.8) is 0 Å². The van der Waals surface area contributed by atoms with Gasteiger partial charge in [0.25, 0.3) is 0 Å². The third-order valence-corrected chi connectivity index (χ3v) is 5.75. The molecule has 28 heavy (non-hydrogen) atoms. The lowest BCUT2D eigenvalue weighted by Gasteiger charge is -2.35. The molecule has 0 spiro atoms. The Morgan fingerprint density at radius 1 is 1.11 bits per heavy atom. The van der Waals surface area contributed by atoms with Gasteiger partial charge in [0.2, 0.25) is 11.8 Å². The minimum Gasteiger partial charge on any atom is -0.340 e. The molecule has 0 radical (unpaired) electrons. The van der Waals surface area contributed by atoms with E-state index in [0.29, 0.717) is 30.3 Å². The standard InChI is InChI=1S/C21H23ClN4O2/c22-18-5-1-2-6-19(18)26-15-17(12-20(26)27)21(28)25-10-8-24(9-11-25)14-16-4-3-7-23-13-16/h1-7,13,17H,8-12,14-15H2. The average molecular weight is 399 g/mol. The van der Waals surface area contributed by atoms with Crippen LogP contribution in [0.2, 0.25) is 5.02 Å². The Labute approximate surface area is 169 Å². The number of hydrogen-bond donors (Lipinski definition) is 0. The summed E-state index contributed by atoms with van der Waals surface area (Å²) in [5, 5.41) is 0.535. The highest BCUT2D eigenvalue weighted by atomic mass is 35.5. The van der Waals surface area contributed by atoms with Crippen LogP contribution in [0.1, 0.15) is 12.0 Å². The smallest absolute Gasteiger partial charge is 0.228 e. The maximum absolute atomic E-state index is 13.0. The van der Waals surface area contributed by atoms with E-state index in [4.69, 9.17) is 11.6 Å². The number of amides is 2. The maximum atomic E-state index is 13.0. The zero-order chi connectivity index (χ0) is 19.5. The summed E-state index contributed by atoms with van der Waals surface area (Å²) < 4.78 is 0. The second-order valence-electron chi connectivity index (χ2n) is 7.32. The van der Waals surface area contributed by atoms with E-state index in [2.05, 4.69) is 16.0 Å². The van der Waals surface area contributed by atoms with Gasteiger partial charge in [-0.3, -0.25) is 19.5 Å². The highest BCUT2D eigenvalue weighted by molar-refractivity contribution is 6.33. The lowest BCUT2D eigenvalue weighted by molar-refractivity contribution is -0.137. The van der Waals surface area contributed by atoms with Crippen molar-refractivity contribution in [2.45, 2.75) is 13.0 Å². The molecule has 3 heterocycles. The Kier molecular flexibility index (Phi) is 5.59. The summed E-state index contributed by atoms with van der Waals surface area (Å²) in [5.74, 6) is -0.265. The van der Waals surface area contributed by atoms with Crippen LogP contribution in [0.4, 0.5) is 5.69 Å². The predicted octanol–water partition coefficient (Wildman–Crippen LogP) is 2.43. The number of aromatic nitrogens is 1. The van der Waals surface area contributed by atoms with E-state index in [1.807, 2.05) is 35.4 Å². The topological polar surface area (TPSA) is 56.8 Å². The predicted molar refractivity (Wildman–Crippen MR) is 108 cm³/mol. The molecule has 2 aromatic rings. The molecule has 0 saturated carbocycles. The summed E-state index contributed by atoms with van der Waals surface area (Å²) in [5.41, 5.74) is 1.87. The summed E-state index contributed by atoms with van der Waals surface area (Å²) >= 11 is 6.23. The summed E-state index contributed by atoms with van der Waals surface area (Å²) in [6.45, 7) is 4.28. The number of benzene rings is 1. The van der Waals surface area contributed by atoms with Crippen LogP contribution in [0.25, 0.3) is 0 Å². The quantitative estimate of drug-likeness (QED) is 0.793. The molecule has 7 heteroatoms. The molecule has 0 bridgehead atoms. The fraction of sp³-hybridized carbons (Fsp3) is 0.381. The van der Waals surface area contributed by atoms with Gasteiger partial charge in [0.05, 0.1) is 16.6 Å². The number of piperazine rings is 1. The second kappa shape index (κ2) is 8.29. The molecular formula is C21H23ClN4O2. The van der Waals surface area contributed by atoms with E-state index in [9.17, 15) is 9.59 Å². The van der Waals surface area contributed by atoms with Crippen LogP contribution in [-0.2, 0) is 16.1 Å². The molecule has 0 aliphatic carbocycles. The van der Waals surface area contributed by atoms with Gasteiger partial charge in [-0.1, -0.05) is 29.8 Å². The summed E-state index contributed by atoms with van der Waals surface area (Å²) in [6, 6.07) is 11.3. The third kappa shape index (κ3) is 4.03. The zero-order valence-electron chi connectivity index (χ0n) is 15.6. The molecule has 0 N–H and O–H groups in total. The van der Waals surface area contributed by atoms with Crippen molar-refractivity contribution in [2.75, 3.05) is 37.6 Å². The van der Waals surface area contributed by atoms with Crippen molar-refractivity contribution in [1.29, 1.82) is 0 Å². The van der Waals surface area contributed by atoms with Crippen LogP contribution in [0.15, 0.2) is 48.8 Å². The Hall–Kier alpha value is -2.44. The first-order chi connectivity index (χ1) is 13.6. The molecule has 4 rings (SSSR count). The van der Waals surface area contributed by atoms with Crippen LogP contribution in [0.5, 0.6) is 0 Å². The number of pyridine rings is 1. The minimum atomic E-state index is -0.298. The molecular weight excluding hydrogens is 376 g/mol. The van der Waals surface area contributed by atoms with E-state index in [1.165, 1.54) is 5.56 Å². The second-order valence-corrected chi connectivity index (χ2v) is 7.73. The van der Waals surface area contributed by atoms with Gasteiger partial charge in [-0.25, -0.2) is 0 Å². The highest BCUT2D eigenvalue weighted by Crippen LogP contribution is 2.31. The van der Waals surface area contributed by atoms with Gasteiger partial charge >= 0.3 is 0 Å². The molecule has 6 nitrogen and oxygen atoms in total. The van der Waals surface area contributed by atoms with Gasteiger partial charge in [-0.2, -0.15) is 0 Å². The van der Waals surface area contributed by atoms with Crippen LogP contribution in [-0.4, -0.2) is 59.3 Å². The van der Waals surface area contributed by atoms with E-state index < -0.39 is 0 Å². The number of halogens is 1. The lowest BCUT2D eigenvalue weighted by atomic mass is 10.1. The first-order valence-corrected chi connectivity index (χ1v) is 9.94. The van der Waals surface area contributed by atoms with E-state index in [-0.39, 0.29) is 24.2 Å².